The van der Waals surface area contributed by atoms with Gasteiger partial charge in [0.2, 0.25) is 0 Å². The van der Waals surface area contributed by atoms with E-state index < -0.39 is 0 Å². The van der Waals surface area contributed by atoms with Gasteiger partial charge < -0.3 is 18.3 Å². The molecule has 304 valence electrons. The molecule has 65 heavy (non-hydrogen) atoms. The summed E-state index contributed by atoms with van der Waals surface area (Å²) in [6.45, 7) is 0. The number of thiophene rings is 1. The van der Waals surface area contributed by atoms with Crippen LogP contribution in [0.3, 0.4) is 0 Å². The molecule has 1 aliphatic carbocycles. The summed E-state index contributed by atoms with van der Waals surface area (Å²) in [4.78, 5) is 1.50. The second kappa shape index (κ2) is 13.2. The summed E-state index contributed by atoms with van der Waals surface area (Å²) in [5.41, 5.74) is 15.6. The molecule has 9 aromatic carbocycles. The van der Waals surface area contributed by atoms with E-state index in [-0.39, 0.29) is 0 Å². The fraction of sp³-hybridized carbons (Fsp3) is 0.0333. The Labute approximate surface area is 377 Å². The van der Waals surface area contributed by atoms with Crippen LogP contribution in [0.4, 0.5) is 0 Å². The molecule has 0 saturated heterocycles. The van der Waals surface area contributed by atoms with Gasteiger partial charge in [-0.3, -0.25) is 0 Å². The second-order valence-corrected chi connectivity index (χ2v) is 18.7. The van der Waals surface area contributed by atoms with E-state index in [1.54, 1.807) is 0 Å². The molecule has 0 unspecified atom stereocenters. The lowest BCUT2D eigenvalue weighted by Crippen LogP contribution is -1.99. The molecule has 0 fully saturated rings. The number of para-hydroxylation sites is 5. The molecule has 5 aromatic heterocycles. The average molecular weight is 847 g/mol. The van der Waals surface area contributed by atoms with Crippen molar-refractivity contribution in [2.75, 3.05) is 0 Å². The maximum atomic E-state index is 2.52. The normalized spacial score (nSPS) is 13.0. The molecule has 0 N–H and O–H groups in total. The first kappa shape index (κ1) is 35.4. The first-order chi connectivity index (χ1) is 32.3. The molecule has 0 bridgehead atoms. The number of benzene rings is 9. The zero-order chi connectivity index (χ0) is 42.3. The third kappa shape index (κ3) is 4.80. The van der Waals surface area contributed by atoms with Crippen molar-refractivity contribution in [2.24, 2.45) is 0 Å². The predicted molar refractivity (Wildman–Crippen MR) is 277 cm³/mol. The smallest absolute Gasteiger partial charge is 0.0641 e. The fourth-order valence-corrected chi connectivity index (χ4v) is 12.7. The molecular formula is C60H38N4S. The summed E-state index contributed by atoms with van der Waals surface area (Å²) >= 11 is 1.95. The lowest BCUT2D eigenvalue weighted by atomic mass is 10.0. The van der Waals surface area contributed by atoms with E-state index in [2.05, 4.69) is 225 Å². The molecule has 4 nitrogen and oxygen atoms in total. The molecule has 0 amide bonds. The Morgan fingerprint density at radius 3 is 1.45 bits per heavy atom. The minimum absolute atomic E-state index is 1.12. The highest BCUT2D eigenvalue weighted by atomic mass is 32.1. The number of fused-ring (bicyclic) bond motifs is 17. The summed E-state index contributed by atoms with van der Waals surface area (Å²) in [7, 11) is 0. The van der Waals surface area contributed by atoms with E-state index in [1.807, 2.05) is 11.3 Å². The molecular weight excluding hydrogens is 809 g/mol. The van der Waals surface area contributed by atoms with Crippen LogP contribution in [0.25, 0.3) is 126 Å². The minimum atomic E-state index is 1.12. The Balaban J connectivity index is 1.01. The maximum Gasteiger partial charge on any atom is 0.0641 e. The topological polar surface area (TPSA) is 19.7 Å². The van der Waals surface area contributed by atoms with Crippen molar-refractivity contribution < 1.29 is 0 Å². The SMILES string of the molecule is C1=Cc2c(sc3ccc(-n4c5ccccc5c5c4ccc4c6ccccc6n(-c6cccc(-n7c8ccccc8c8c7ccc7c9ccccc9n(-c9ccccc9)c78)c6)c45)cc23)CC1. The van der Waals surface area contributed by atoms with Crippen molar-refractivity contribution in [3.63, 3.8) is 0 Å². The first-order valence-corrected chi connectivity index (χ1v) is 23.4. The van der Waals surface area contributed by atoms with Crippen LogP contribution in [0, 0.1) is 0 Å². The van der Waals surface area contributed by atoms with E-state index in [0.29, 0.717) is 0 Å². The predicted octanol–water partition coefficient (Wildman–Crippen LogP) is 16.2. The van der Waals surface area contributed by atoms with Crippen LogP contribution in [-0.2, 0) is 6.42 Å². The van der Waals surface area contributed by atoms with Gasteiger partial charge in [-0.2, -0.15) is 0 Å². The van der Waals surface area contributed by atoms with Crippen LogP contribution < -0.4 is 0 Å². The van der Waals surface area contributed by atoms with Crippen LogP contribution >= 0.6 is 11.3 Å². The summed E-state index contributed by atoms with van der Waals surface area (Å²) in [6.07, 6.45) is 6.92. The Morgan fingerprint density at radius 1 is 0.338 bits per heavy atom. The minimum Gasteiger partial charge on any atom is -0.309 e. The quantitative estimate of drug-likeness (QED) is 0.168. The molecule has 0 aliphatic heterocycles. The number of nitrogens with zero attached hydrogens (tertiary/aromatic N) is 4. The molecule has 5 heterocycles. The lowest BCUT2D eigenvalue weighted by molar-refractivity contribution is 1.02. The summed E-state index contributed by atoms with van der Waals surface area (Å²) in [5, 5.41) is 11.4. The fourth-order valence-electron chi connectivity index (χ4n) is 11.5. The van der Waals surface area contributed by atoms with Gasteiger partial charge in [0.1, 0.15) is 0 Å². The zero-order valence-electron chi connectivity index (χ0n) is 35.2. The Kier molecular flexibility index (Phi) is 7.18. The van der Waals surface area contributed by atoms with E-state index in [1.165, 1.54) is 113 Å². The van der Waals surface area contributed by atoms with Gasteiger partial charge in [-0.15, -0.1) is 11.3 Å². The van der Waals surface area contributed by atoms with Gasteiger partial charge in [-0.25, -0.2) is 0 Å². The molecule has 15 rings (SSSR count). The van der Waals surface area contributed by atoms with Crippen molar-refractivity contribution in [1.29, 1.82) is 0 Å². The average Bonchev–Trinajstić information content (AvgIpc) is 4.16. The van der Waals surface area contributed by atoms with Gasteiger partial charge in [0.05, 0.1) is 44.1 Å². The van der Waals surface area contributed by atoms with Crippen LogP contribution in [0.5, 0.6) is 0 Å². The van der Waals surface area contributed by atoms with Gasteiger partial charge in [-0.05, 0) is 103 Å². The number of aryl methyl sites for hydroxylation is 1. The van der Waals surface area contributed by atoms with Crippen molar-refractivity contribution in [1.82, 2.24) is 18.3 Å². The van der Waals surface area contributed by atoms with Crippen LogP contribution in [-0.4, -0.2) is 18.3 Å². The number of hydrogen-bond donors (Lipinski definition) is 0. The van der Waals surface area contributed by atoms with Gasteiger partial charge in [0.15, 0.2) is 0 Å². The highest BCUT2D eigenvalue weighted by Gasteiger charge is 2.24. The third-order valence-corrected chi connectivity index (χ3v) is 15.4. The molecule has 0 radical (unpaired) electrons. The van der Waals surface area contributed by atoms with E-state index >= 15 is 0 Å². The van der Waals surface area contributed by atoms with Crippen LogP contribution in [0.2, 0.25) is 0 Å². The molecule has 14 aromatic rings. The van der Waals surface area contributed by atoms with Gasteiger partial charge in [0.25, 0.3) is 0 Å². The Bertz CT molecular complexity index is 4360. The Morgan fingerprint density at radius 2 is 0.831 bits per heavy atom. The molecule has 0 atom stereocenters. The van der Waals surface area contributed by atoms with Crippen molar-refractivity contribution in [2.45, 2.75) is 12.8 Å². The summed E-state index contributed by atoms with van der Waals surface area (Å²) < 4.78 is 11.3. The van der Waals surface area contributed by atoms with Gasteiger partial charge in [0, 0.05) is 80.8 Å². The summed E-state index contributed by atoms with van der Waals surface area (Å²) in [5.74, 6) is 0. The van der Waals surface area contributed by atoms with Crippen LogP contribution in [0.15, 0.2) is 200 Å². The largest absolute Gasteiger partial charge is 0.309 e. The molecule has 5 heteroatoms. The van der Waals surface area contributed by atoms with Gasteiger partial charge in [-0.1, -0.05) is 121 Å². The number of hydrogen-bond acceptors (Lipinski definition) is 1. The van der Waals surface area contributed by atoms with E-state index in [4.69, 9.17) is 0 Å². The summed E-state index contributed by atoms with van der Waals surface area (Å²) in [6, 6.07) is 72.1. The highest BCUT2D eigenvalue weighted by Crippen LogP contribution is 2.45. The molecule has 0 spiro atoms. The first-order valence-electron chi connectivity index (χ1n) is 22.6. The van der Waals surface area contributed by atoms with Crippen molar-refractivity contribution in [3.05, 3.63) is 211 Å². The maximum absolute atomic E-state index is 2.52. The van der Waals surface area contributed by atoms with Crippen molar-refractivity contribution >= 4 is 115 Å². The van der Waals surface area contributed by atoms with Crippen LogP contribution in [0.1, 0.15) is 16.9 Å². The zero-order valence-corrected chi connectivity index (χ0v) is 36.1. The molecule has 1 aliphatic rings. The monoisotopic (exact) mass is 846 g/mol. The van der Waals surface area contributed by atoms with E-state index in [0.717, 1.165) is 29.9 Å². The van der Waals surface area contributed by atoms with Gasteiger partial charge >= 0.3 is 0 Å². The third-order valence-electron chi connectivity index (χ3n) is 14.2. The van der Waals surface area contributed by atoms with E-state index in [9.17, 15) is 0 Å². The lowest BCUT2D eigenvalue weighted by Gasteiger charge is -2.14. The highest BCUT2D eigenvalue weighted by molar-refractivity contribution is 7.19. The molecule has 0 saturated carbocycles. The number of allylic oxidation sites excluding steroid dienone is 1. The number of aromatic nitrogens is 4. The standard InChI is InChI=1S/C60H38N4S/c1-2-15-37(16-3-1)63-49-24-9-4-19-41(49)44-30-32-53-57(59(44)63)46-22-6-11-26-51(46)61(53)38-17-14-18-39(35-38)64-50-25-10-5-20-42(50)45-31-33-54-58(60(45)64)47-23-7-12-27-52(47)62(54)40-29-34-56-48(36-40)43-21-8-13-28-55(43)65-56/h1-12,14-27,29-36H,13,28H2. The van der Waals surface area contributed by atoms with Crippen molar-refractivity contribution in [3.8, 4) is 22.7 Å². The second-order valence-electron chi connectivity index (χ2n) is 17.5. The Hall–Kier alpha value is -8.12. The number of rotatable bonds is 4.